The van der Waals surface area contributed by atoms with Crippen LogP contribution >= 0.6 is 0 Å². The van der Waals surface area contributed by atoms with E-state index in [1.165, 1.54) is 0 Å². The highest BCUT2D eigenvalue weighted by atomic mass is 16.2. The van der Waals surface area contributed by atoms with Crippen LogP contribution in [0, 0.1) is 6.92 Å². The molecule has 0 spiro atoms. The Labute approximate surface area is 104 Å². The summed E-state index contributed by atoms with van der Waals surface area (Å²) in [5.41, 5.74) is 0.350. The summed E-state index contributed by atoms with van der Waals surface area (Å²) in [5.74, 6) is 1.34. The third-order valence-corrected chi connectivity index (χ3v) is 2.87. The van der Waals surface area contributed by atoms with Gasteiger partial charge in [-0.1, -0.05) is 0 Å². The first-order valence-electron chi connectivity index (χ1n) is 5.89. The third-order valence-electron chi connectivity index (χ3n) is 2.87. The lowest BCUT2D eigenvalue weighted by Gasteiger charge is -2.04. The Bertz CT molecular complexity index is 570. The van der Waals surface area contributed by atoms with Gasteiger partial charge in [0.15, 0.2) is 11.5 Å². The molecule has 1 saturated carbocycles. The van der Waals surface area contributed by atoms with E-state index in [0.29, 0.717) is 17.6 Å². The van der Waals surface area contributed by atoms with Gasteiger partial charge in [-0.05, 0) is 31.9 Å². The summed E-state index contributed by atoms with van der Waals surface area (Å²) in [6.45, 7) is 1.88. The van der Waals surface area contributed by atoms with Crippen LogP contribution in [0.15, 0.2) is 24.5 Å². The van der Waals surface area contributed by atoms with Crippen LogP contribution in [-0.2, 0) is 0 Å². The number of carbonyl (C=O) groups excluding carboxylic acids is 1. The van der Waals surface area contributed by atoms with Crippen LogP contribution in [0.3, 0.4) is 0 Å². The molecule has 2 aromatic heterocycles. The molecule has 6 nitrogen and oxygen atoms in total. The molecule has 0 atom stereocenters. The van der Waals surface area contributed by atoms with Gasteiger partial charge < -0.3 is 5.32 Å². The third kappa shape index (κ3) is 2.09. The minimum absolute atomic E-state index is 0.154. The SMILES string of the molecule is Cc1nccn1-c1ccc(C(=O)NC2CC2)nn1. The van der Waals surface area contributed by atoms with Crippen LogP contribution in [0.1, 0.15) is 29.2 Å². The zero-order valence-electron chi connectivity index (χ0n) is 10.00. The molecular weight excluding hydrogens is 230 g/mol. The van der Waals surface area contributed by atoms with E-state index >= 15 is 0 Å². The Hall–Kier alpha value is -2.24. The average Bonchev–Trinajstić information content (AvgIpc) is 3.09. The van der Waals surface area contributed by atoms with E-state index in [1.807, 2.05) is 17.7 Å². The molecule has 6 heteroatoms. The summed E-state index contributed by atoms with van der Waals surface area (Å²) in [6, 6.07) is 3.78. The van der Waals surface area contributed by atoms with Gasteiger partial charge in [0.05, 0.1) is 0 Å². The summed E-state index contributed by atoms with van der Waals surface area (Å²) in [4.78, 5) is 15.8. The lowest BCUT2D eigenvalue weighted by Crippen LogP contribution is -2.26. The zero-order chi connectivity index (χ0) is 12.5. The van der Waals surface area contributed by atoms with Crippen LogP contribution in [0.5, 0.6) is 0 Å². The first kappa shape index (κ1) is 10.9. The summed E-state index contributed by atoms with van der Waals surface area (Å²) < 4.78 is 1.82. The molecule has 0 unspecified atom stereocenters. The second-order valence-corrected chi connectivity index (χ2v) is 4.37. The molecule has 0 saturated heterocycles. The highest BCUT2D eigenvalue weighted by molar-refractivity contribution is 5.92. The Morgan fingerprint density at radius 2 is 2.22 bits per heavy atom. The maximum absolute atomic E-state index is 11.7. The van der Waals surface area contributed by atoms with Crippen molar-refractivity contribution in [1.29, 1.82) is 0 Å². The summed E-state index contributed by atoms with van der Waals surface area (Å²) in [5, 5.41) is 10.9. The Morgan fingerprint density at radius 1 is 1.39 bits per heavy atom. The van der Waals surface area contributed by atoms with Crippen LogP contribution in [-0.4, -0.2) is 31.7 Å². The van der Waals surface area contributed by atoms with Gasteiger partial charge in [0.2, 0.25) is 0 Å². The quantitative estimate of drug-likeness (QED) is 0.867. The Balaban J connectivity index is 1.80. The number of hydrogen-bond acceptors (Lipinski definition) is 4. The second-order valence-electron chi connectivity index (χ2n) is 4.37. The van der Waals surface area contributed by atoms with Crippen molar-refractivity contribution in [2.45, 2.75) is 25.8 Å². The Morgan fingerprint density at radius 3 is 2.78 bits per heavy atom. The largest absolute Gasteiger partial charge is 0.348 e. The maximum atomic E-state index is 11.7. The lowest BCUT2D eigenvalue weighted by atomic mass is 10.3. The van der Waals surface area contributed by atoms with E-state index in [2.05, 4.69) is 20.5 Å². The summed E-state index contributed by atoms with van der Waals surface area (Å²) in [7, 11) is 0. The van der Waals surface area contributed by atoms with E-state index in [1.54, 1.807) is 18.3 Å². The fraction of sp³-hybridized carbons (Fsp3) is 0.333. The maximum Gasteiger partial charge on any atom is 0.272 e. The molecule has 18 heavy (non-hydrogen) atoms. The van der Waals surface area contributed by atoms with Gasteiger partial charge in [0.25, 0.3) is 5.91 Å². The number of imidazole rings is 1. The van der Waals surface area contributed by atoms with Crippen molar-refractivity contribution in [1.82, 2.24) is 25.1 Å². The lowest BCUT2D eigenvalue weighted by molar-refractivity contribution is 0.0945. The molecule has 1 fully saturated rings. The van der Waals surface area contributed by atoms with Crippen molar-refractivity contribution in [3.63, 3.8) is 0 Å². The van der Waals surface area contributed by atoms with Gasteiger partial charge in [0, 0.05) is 18.4 Å². The van der Waals surface area contributed by atoms with E-state index < -0.39 is 0 Å². The molecule has 0 bridgehead atoms. The first-order valence-corrected chi connectivity index (χ1v) is 5.89. The fourth-order valence-corrected chi connectivity index (χ4v) is 1.68. The van der Waals surface area contributed by atoms with Gasteiger partial charge >= 0.3 is 0 Å². The molecule has 1 aliphatic carbocycles. The highest BCUT2D eigenvalue weighted by Gasteiger charge is 2.24. The predicted octanol–water partition coefficient (Wildman–Crippen LogP) is 0.863. The van der Waals surface area contributed by atoms with Crippen molar-refractivity contribution in [3.8, 4) is 5.82 Å². The molecule has 0 aliphatic heterocycles. The topological polar surface area (TPSA) is 72.7 Å². The fourth-order valence-electron chi connectivity index (χ4n) is 1.68. The summed E-state index contributed by atoms with van der Waals surface area (Å²) >= 11 is 0. The molecule has 2 aromatic rings. The highest BCUT2D eigenvalue weighted by Crippen LogP contribution is 2.19. The second kappa shape index (κ2) is 4.21. The average molecular weight is 243 g/mol. The molecule has 1 amide bonds. The number of aryl methyl sites for hydroxylation is 1. The van der Waals surface area contributed by atoms with Gasteiger partial charge in [-0.25, -0.2) is 4.98 Å². The molecular formula is C12H13N5O. The van der Waals surface area contributed by atoms with Crippen molar-refractivity contribution >= 4 is 5.91 Å². The molecule has 1 aliphatic rings. The number of hydrogen-bond donors (Lipinski definition) is 1. The van der Waals surface area contributed by atoms with Crippen molar-refractivity contribution in [2.75, 3.05) is 0 Å². The minimum atomic E-state index is -0.154. The van der Waals surface area contributed by atoms with E-state index in [-0.39, 0.29) is 5.91 Å². The van der Waals surface area contributed by atoms with Gasteiger partial charge in [-0.15, -0.1) is 10.2 Å². The minimum Gasteiger partial charge on any atom is -0.348 e. The van der Waals surface area contributed by atoms with Crippen LogP contribution in [0.2, 0.25) is 0 Å². The number of nitrogens with zero attached hydrogens (tertiary/aromatic N) is 4. The van der Waals surface area contributed by atoms with Crippen molar-refractivity contribution in [2.24, 2.45) is 0 Å². The van der Waals surface area contributed by atoms with Crippen LogP contribution in [0.25, 0.3) is 5.82 Å². The van der Waals surface area contributed by atoms with Crippen molar-refractivity contribution < 1.29 is 4.79 Å². The molecule has 0 radical (unpaired) electrons. The van der Waals surface area contributed by atoms with Gasteiger partial charge in [-0.2, -0.15) is 0 Å². The molecule has 92 valence electrons. The Kier molecular flexibility index (Phi) is 2.55. The molecule has 0 aromatic carbocycles. The molecule has 1 N–H and O–H groups in total. The normalized spacial score (nSPS) is 14.5. The van der Waals surface area contributed by atoms with Gasteiger partial charge in [0.1, 0.15) is 5.82 Å². The molecule has 3 rings (SSSR count). The number of nitrogens with one attached hydrogen (secondary N) is 1. The summed E-state index contributed by atoms with van der Waals surface area (Å²) in [6.07, 6.45) is 5.63. The first-order chi connectivity index (χ1) is 8.74. The van der Waals surface area contributed by atoms with Crippen molar-refractivity contribution in [3.05, 3.63) is 36.0 Å². The van der Waals surface area contributed by atoms with E-state index in [4.69, 9.17) is 0 Å². The van der Waals surface area contributed by atoms with Crippen LogP contribution in [0.4, 0.5) is 0 Å². The smallest absolute Gasteiger partial charge is 0.272 e. The zero-order valence-corrected chi connectivity index (χ0v) is 10.00. The predicted molar refractivity (Wildman–Crippen MR) is 64.4 cm³/mol. The number of rotatable bonds is 3. The molecule has 2 heterocycles. The number of carbonyl (C=O) groups is 1. The standard InChI is InChI=1S/C12H13N5O/c1-8-13-6-7-17(8)11-5-4-10(15-16-11)12(18)14-9-2-3-9/h4-7,9H,2-3H2,1H3,(H,14,18). The van der Waals surface area contributed by atoms with Gasteiger partial charge in [-0.3, -0.25) is 9.36 Å². The van der Waals surface area contributed by atoms with E-state index in [0.717, 1.165) is 18.7 Å². The van der Waals surface area contributed by atoms with Crippen LogP contribution < -0.4 is 5.32 Å². The number of amides is 1. The monoisotopic (exact) mass is 243 g/mol. The number of aromatic nitrogens is 4. The van der Waals surface area contributed by atoms with E-state index in [9.17, 15) is 4.79 Å².